The van der Waals surface area contributed by atoms with Gasteiger partial charge < -0.3 is 0 Å². The van der Waals surface area contributed by atoms with E-state index >= 15 is 0 Å². The molecule has 0 unspecified atom stereocenters. The van der Waals surface area contributed by atoms with E-state index in [1.54, 1.807) is 6.07 Å². The molecule has 0 aromatic heterocycles. The SMILES string of the molecule is CCCCCCc1cccc2c1C(=O)NC2=O. The fourth-order valence-corrected chi connectivity index (χ4v) is 2.24. The van der Waals surface area contributed by atoms with Crippen molar-refractivity contribution in [3.63, 3.8) is 0 Å². The molecule has 0 fully saturated rings. The van der Waals surface area contributed by atoms with Gasteiger partial charge in [0.25, 0.3) is 11.8 Å². The van der Waals surface area contributed by atoms with Gasteiger partial charge in [-0.15, -0.1) is 0 Å². The van der Waals surface area contributed by atoms with Crippen LogP contribution in [0.1, 0.15) is 58.9 Å². The van der Waals surface area contributed by atoms with Crippen molar-refractivity contribution in [3.8, 4) is 0 Å². The minimum Gasteiger partial charge on any atom is -0.288 e. The lowest BCUT2D eigenvalue weighted by atomic mass is 9.98. The predicted octanol–water partition coefficient (Wildman–Crippen LogP) is 2.69. The molecule has 1 aliphatic rings. The van der Waals surface area contributed by atoms with Crippen molar-refractivity contribution in [1.29, 1.82) is 0 Å². The van der Waals surface area contributed by atoms with Gasteiger partial charge in [-0.3, -0.25) is 14.9 Å². The van der Waals surface area contributed by atoms with Crippen LogP contribution < -0.4 is 5.32 Å². The van der Waals surface area contributed by atoms with E-state index in [1.165, 1.54) is 19.3 Å². The molecule has 0 radical (unpaired) electrons. The van der Waals surface area contributed by atoms with E-state index in [4.69, 9.17) is 0 Å². The van der Waals surface area contributed by atoms with Gasteiger partial charge in [-0.2, -0.15) is 0 Å². The first-order valence-electron chi connectivity index (χ1n) is 6.21. The molecule has 2 rings (SSSR count). The smallest absolute Gasteiger partial charge is 0.259 e. The predicted molar refractivity (Wildman–Crippen MR) is 66.1 cm³/mol. The number of hydrogen-bond acceptors (Lipinski definition) is 2. The average Bonchev–Trinajstić information content (AvgIpc) is 2.62. The van der Waals surface area contributed by atoms with Crippen LogP contribution in [-0.2, 0) is 6.42 Å². The van der Waals surface area contributed by atoms with E-state index < -0.39 is 0 Å². The van der Waals surface area contributed by atoms with Crippen LogP contribution >= 0.6 is 0 Å². The third-order valence-electron chi connectivity index (χ3n) is 3.15. The minimum atomic E-state index is -0.264. The van der Waals surface area contributed by atoms with E-state index in [2.05, 4.69) is 12.2 Å². The molecule has 3 nitrogen and oxygen atoms in total. The molecule has 0 spiro atoms. The first-order valence-corrected chi connectivity index (χ1v) is 6.21. The number of unbranched alkanes of at least 4 members (excludes halogenated alkanes) is 3. The zero-order valence-corrected chi connectivity index (χ0v) is 10.1. The Bertz CT molecular complexity index is 452. The van der Waals surface area contributed by atoms with Crippen LogP contribution in [0.25, 0.3) is 0 Å². The molecule has 1 heterocycles. The second kappa shape index (κ2) is 5.13. The molecule has 0 aliphatic carbocycles. The highest BCUT2D eigenvalue weighted by Crippen LogP contribution is 2.21. The molecule has 1 aromatic rings. The molecular weight excluding hydrogens is 214 g/mol. The first kappa shape index (κ1) is 11.8. The van der Waals surface area contributed by atoms with Gasteiger partial charge in [0.2, 0.25) is 0 Å². The molecule has 0 bridgehead atoms. The van der Waals surface area contributed by atoms with E-state index in [1.807, 2.05) is 12.1 Å². The highest BCUT2D eigenvalue weighted by atomic mass is 16.2. The number of aryl methyl sites for hydroxylation is 1. The van der Waals surface area contributed by atoms with Crippen LogP contribution in [0.2, 0.25) is 0 Å². The quantitative estimate of drug-likeness (QED) is 0.625. The number of benzene rings is 1. The molecule has 0 atom stereocenters. The normalized spacial score (nSPS) is 13.7. The largest absolute Gasteiger partial charge is 0.288 e. The Hall–Kier alpha value is -1.64. The highest BCUT2D eigenvalue weighted by Gasteiger charge is 2.28. The van der Waals surface area contributed by atoms with Crippen LogP contribution in [0.3, 0.4) is 0 Å². The van der Waals surface area contributed by atoms with Gasteiger partial charge >= 0.3 is 0 Å². The van der Waals surface area contributed by atoms with E-state index in [9.17, 15) is 9.59 Å². The second-order valence-corrected chi connectivity index (χ2v) is 4.43. The third-order valence-corrected chi connectivity index (χ3v) is 3.15. The maximum Gasteiger partial charge on any atom is 0.259 e. The van der Waals surface area contributed by atoms with Crippen LogP contribution in [0, 0.1) is 0 Å². The van der Waals surface area contributed by atoms with Gasteiger partial charge in [0.15, 0.2) is 0 Å². The zero-order chi connectivity index (χ0) is 12.3. The summed E-state index contributed by atoms with van der Waals surface area (Å²) in [5.74, 6) is -0.503. The second-order valence-electron chi connectivity index (χ2n) is 4.43. The number of nitrogens with one attached hydrogen (secondary N) is 1. The minimum absolute atomic E-state index is 0.240. The Kier molecular flexibility index (Phi) is 3.57. The van der Waals surface area contributed by atoms with Crippen molar-refractivity contribution in [3.05, 3.63) is 34.9 Å². The Morgan fingerprint density at radius 3 is 2.65 bits per heavy atom. The Balaban J connectivity index is 2.14. The van der Waals surface area contributed by atoms with Crippen molar-refractivity contribution in [2.75, 3.05) is 0 Å². The highest BCUT2D eigenvalue weighted by molar-refractivity contribution is 6.22. The topological polar surface area (TPSA) is 46.2 Å². The van der Waals surface area contributed by atoms with Crippen molar-refractivity contribution in [2.24, 2.45) is 0 Å². The van der Waals surface area contributed by atoms with Crippen LogP contribution in [-0.4, -0.2) is 11.8 Å². The van der Waals surface area contributed by atoms with Gasteiger partial charge in [0.05, 0.1) is 11.1 Å². The lowest BCUT2D eigenvalue weighted by molar-refractivity contribution is 0.0879. The number of imide groups is 1. The van der Waals surface area contributed by atoms with E-state index in [-0.39, 0.29) is 11.8 Å². The van der Waals surface area contributed by atoms with Crippen molar-refractivity contribution in [1.82, 2.24) is 5.32 Å². The number of rotatable bonds is 5. The lowest BCUT2D eigenvalue weighted by Crippen LogP contribution is -2.20. The number of carbonyl (C=O) groups excluding carboxylic acids is 2. The Morgan fingerprint density at radius 2 is 1.88 bits per heavy atom. The summed E-state index contributed by atoms with van der Waals surface area (Å²) < 4.78 is 0. The molecule has 2 amide bonds. The summed E-state index contributed by atoms with van der Waals surface area (Å²) in [6, 6.07) is 5.51. The third kappa shape index (κ3) is 2.38. The summed E-state index contributed by atoms with van der Waals surface area (Å²) in [6.45, 7) is 2.17. The van der Waals surface area contributed by atoms with Crippen molar-refractivity contribution >= 4 is 11.8 Å². The van der Waals surface area contributed by atoms with E-state index in [0.717, 1.165) is 18.4 Å². The molecule has 0 saturated heterocycles. The maximum absolute atomic E-state index is 11.7. The first-order chi connectivity index (χ1) is 8.24. The number of amides is 2. The Labute approximate surface area is 101 Å². The molecule has 1 aromatic carbocycles. The van der Waals surface area contributed by atoms with Gasteiger partial charge in [-0.1, -0.05) is 38.3 Å². The summed E-state index contributed by atoms with van der Waals surface area (Å²) in [7, 11) is 0. The summed E-state index contributed by atoms with van der Waals surface area (Å²) in [5.41, 5.74) is 2.12. The van der Waals surface area contributed by atoms with Gasteiger partial charge in [0.1, 0.15) is 0 Å². The van der Waals surface area contributed by atoms with E-state index in [0.29, 0.717) is 11.1 Å². The molecular formula is C14H17NO2. The number of fused-ring (bicyclic) bond motifs is 1. The molecule has 3 heteroatoms. The average molecular weight is 231 g/mol. The van der Waals surface area contributed by atoms with Crippen molar-refractivity contribution in [2.45, 2.75) is 39.0 Å². The van der Waals surface area contributed by atoms with Gasteiger partial charge in [-0.05, 0) is 24.5 Å². The van der Waals surface area contributed by atoms with Crippen LogP contribution in [0.15, 0.2) is 18.2 Å². The fraction of sp³-hybridized carbons (Fsp3) is 0.429. The summed E-state index contributed by atoms with van der Waals surface area (Å²) in [5, 5.41) is 2.35. The summed E-state index contributed by atoms with van der Waals surface area (Å²) in [4.78, 5) is 23.1. The summed E-state index contributed by atoms with van der Waals surface area (Å²) in [6.07, 6.45) is 5.55. The maximum atomic E-state index is 11.7. The van der Waals surface area contributed by atoms with Crippen LogP contribution in [0.4, 0.5) is 0 Å². The number of hydrogen-bond donors (Lipinski definition) is 1. The molecule has 90 valence electrons. The molecule has 17 heavy (non-hydrogen) atoms. The van der Waals surface area contributed by atoms with Gasteiger partial charge in [-0.25, -0.2) is 0 Å². The standard InChI is InChI=1S/C14H17NO2/c1-2-3-4-5-7-10-8-6-9-11-12(10)14(17)15-13(11)16/h6,8-9H,2-5,7H2,1H3,(H,15,16,17). The Morgan fingerprint density at radius 1 is 1.06 bits per heavy atom. The lowest BCUT2D eigenvalue weighted by Gasteiger charge is -2.05. The van der Waals surface area contributed by atoms with Gasteiger partial charge in [0, 0.05) is 0 Å². The summed E-state index contributed by atoms with van der Waals surface area (Å²) >= 11 is 0. The molecule has 1 aliphatic heterocycles. The fourth-order valence-electron chi connectivity index (χ4n) is 2.24. The van der Waals surface area contributed by atoms with Crippen molar-refractivity contribution < 1.29 is 9.59 Å². The molecule has 0 saturated carbocycles. The zero-order valence-electron chi connectivity index (χ0n) is 10.1. The molecule has 1 N–H and O–H groups in total. The monoisotopic (exact) mass is 231 g/mol. The number of carbonyl (C=O) groups is 2. The van der Waals surface area contributed by atoms with Crippen LogP contribution in [0.5, 0.6) is 0 Å².